The van der Waals surface area contributed by atoms with Gasteiger partial charge in [-0.25, -0.2) is 0 Å². The van der Waals surface area contributed by atoms with Crippen molar-refractivity contribution >= 4 is 11.9 Å². The van der Waals surface area contributed by atoms with Crippen molar-refractivity contribution in [3.63, 3.8) is 0 Å². The molecule has 6 heteroatoms. The summed E-state index contributed by atoms with van der Waals surface area (Å²) in [5.74, 6) is 1.90. The van der Waals surface area contributed by atoms with Crippen molar-refractivity contribution in [3.8, 4) is 17.2 Å². The van der Waals surface area contributed by atoms with Crippen LogP contribution in [-0.2, 0) is 14.3 Å². The van der Waals surface area contributed by atoms with Gasteiger partial charge in [-0.05, 0) is 42.7 Å². The number of hydrogen-bond donors (Lipinski definition) is 0. The van der Waals surface area contributed by atoms with Crippen LogP contribution in [0.15, 0.2) is 53.8 Å². The normalized spacial score (nSPS) is 19.2. The number of rotatable bonds is 9. The summed E-state index contributed by atoms with van der Waals surface area (Å²) in [6.45, 7) is 5.64. The molecule has 156 valence electrons. The van der Waals surface area contributed by atoms with Crippen LogP contribution < -0.4 is 14.2 Å². The van der Waals surface area contributed by atoms with Crippen molar-refractivity contribution in [1.29, 1.82) is 0 Å². The third-order valence-corrected chi connectivity index (χ3v) is 4.88. The van der Waals surface area contributed by atoms with Crippen LogP contribution in [0.2, 0.25) is 0 Å². The fourth-order valence-corrected chi connectivity index (χ4v) is 3.40. The molecule has 0 heterocycles. The van der Waals surface area contributed by atoms with E-state index in [0.717, 1.165) is 11.1 Å². The van der Waals surface area contributed by atoms with E-state index >= 15 is 0 Å². The highest BCUT2D eigenvalue weighted by molar-refractivity contribution is 6.06. The minimum Gasteiger partial charge on any atom is -0.497 e. The predicted octanol–water partition coefficient (Wildman–Crippen LogP) is 4.12. The third-order valence-electron chi connectivity index (χ3n) is 4.88. The summed E-state index contributed by atoms with van der Waals surface area (Å²) in [6, 6.07) is 3.68. The second-order valence-electron chi connectivity index (χ2n) is 6.47. The standard InChI is InChI=1S/C23H28O6/c1-8-9-17-14-23(29-7,21(27-5)13-18(17)24)15(2)10-16-11-19(25-3)22(28-6)20(12-16)26-4/h8,10-14H,1,9H2,2-7H3/t23-/m0/s1. The van der Waals surface area contributed by atoms with Crippen LogP contribution in [0, 0.1) is 0 Å². The molecule has 0 spiro atoms. The van der Waals surface area contributed by atoms with Gasteiger partial charge in [-0.2, -0.15) is 0 Å². The predicted molar refractivity (Wildman–Crippen MR) is 112 cm³/mol. The van der Waals surface area contributed by atoms with Crippen molar-refractivity contribution in [2.75, 3.05) is 35.5 Å². The zero-order valence-corrected chi connectivity index (χ0v) is 17.8. The van der Waals surface area contributed by atoms with Gasteiger partial charge in [-0.3, -0.25) is 4.79 Å². The maximum Gasteiger partial charge on any atom is 0.203 e. The zero-order chi connectivity index (χ0) is 21.6. The van der Waals surface area contributed by atoms with Gasteiger partial charge in [0.15, 0.2) is 22.9 Å². The van der Waals surface area contributed by atoms with E-state index in [1.165, 1.54) is 13.2 Å². The molecule has 6 nitrogen and oxygen atoms in total. The van der Waals surface area contributed by atoms with E-state index in [0.29, 0.717) is 35.0 Å². The Kier molecular flexibility index (Phi) is 7.29. The van der Waals surface area contributed by atoms with Gasteiger partial charge >= 0.3 is 0 Å². The Balaban J connectivity index is 2.64. The highest BCUT2D eigenvalue weighted by atomic mass is 16.5. The van der Waals surface area contributed by atoms with Gasteiger partial charge in [0, 0.05) is 18.8 Å². The number of ketones is 1. The molecule has 1 atom stereocenters. The number of allylic oxidation sites excluding steroid dienone is 3. The molecule has 0 amide bonds. The molecular weight excluding hydrogens is 372 g/mol. The van der Waals surface area contributed by atoms with E-state index in [1.807, 2.05) is 25.1 Å². The summed E-state index contributed by atoms with van der Waals surface area (Å²) in [5, 5.41) is 0. The van der Waals surface area contributed by atoms with E-state index in [4.69, 9.17) is 23.7 Å². The first-order valence-electron chi connectivity index (χ1n) is 9.07. The number of ether oxygens (including phenoxy) is 5. The summed E-state index contributed by atoms with van der Waals surface area (Å²) in [7, 11) is 7.79. The number of hydrogen-bond acceptors (Lipinski definition) is 6. The molecule has 0 aromatic heterocycles. The van der Waals surface area contributed by atoms with Crippen molar-refractivity contribution in [2.24, 2.45) is 0 Å². The Morgan fingerprint density at radius 1 is 1.03 bits per heavy atom. The first kappa shape index (κ1) is 22.3. The highest BCUT2D eigenvalue weighted by Crippen LogP contribution is 2.41. The number of carbonyl (C=O) groups is 1. The fourth-order valence-electron chi connectivity index (χ4n) is 3.40. The molecule has 0 saturated heterocycles. The molecule has 0 N–H and O–H groups in total. The third kappa shape index (κ3) is 4.22. The molecular formula is C23H28O6. The van der Waals surface area contributed by atoms with E-state index in [2.05, 4.69) is 6.58 Å². The van der Waals surface area contributed by atoms with Crippen LogP contribution in [0.4, 0.5) is 0 Å². The maximum absolute atomic E-state index is 12.4. The van der Waals surface area contributed by atoms with Crippen LogP contribution in [0.3, 0.4) is 0 Å². The molecule has 29 heavy (non-hydrogen) atoms. The summed E-state index contributed by atoms with van der Waals surface area (Å²) < 4.78 is 27.7. The molecule has 1 aliphatic carbocycles. The van der Waals surface area contributed by atoms with Gasteiger partial charge < -0.3 is 23.7 Å². The smallest absolute Gasteiger partial charge is 0.203 e. The van der Waals surface area contributed by atoms with Crippen molar-refractivity contribution in [2.45, 2.75) is 18.9 Å². The summed E-state index contributed by atoms with van der Waals surface area (Å²) >= 11 is 0. The number of benzene rings is 1. The average molecular weight is 400 g/mol. The minimum absolute atomic E-state index is 0.116. The van der Waals surface area contributed by atoms with Crippen LogP contribution in [0.1, 0.15) is 18.9 Å². The maximum atomic E-state index is 12.4. The van der Waals surface area contributed by atoms with Crippen molar-refractivity contribution in [1.82, 2.24) is 0 Å². The van der Waals surface area contributed by atoms with Crippen LogP contribution in [0.25, 0.3) is 6.08 Å². The van der Waals surface area contributed by atoms with Gasteiger partial charge in [0.2, 0.25) is 5.75 Å². The van der Waals surface area contributed by atoms with Crippen LogP contribution in [-0.4, -0.2) is 46.9 Å². The van der Waals surface area contributed by atoms with Crippen LogP contribution >= 0.6 is 0 Å². The minimum atomic E-state index is -1.01. The molecule has 2 rings (SSSR count). The second-order valence-corrected chi connectivity index (χ2v) is 6.47. The van der Waals surface area contributed by atoms with Gasteiger partial charge in [0.25, 0.3) is 0 Å². The average Bonchev–Trinajstić information content (AvgIpc) is 2.73. The Bertz CT molecular complexity index is 852. The summed E-state index contributed by atoms with van der Waals surface area (Å²) in [4.78, 5) is 12.4. The first-order valence-corrected chi connectivity index (χ1v) is 9.07. The molecule has 0 fully saturated rings. The number of carbonyl (C=O) groups excluding carboxylic acids is 1. The quantitative estimate of drug-likeness (QED) is 0.581. The van der Waals surface area contributed by atoms with Gasteiger partial charge in [-0.1, -0.05) is 12.2 Å². The lowest BCUT2D eigenvalue weighted by atomic mass is 9.82. The zero-order valence-electron chi connectivity index (χ0n) is 17.8. The fraction of sp³-hybridized carbons (Fsp3) is 0.348. The Morgan fingerprint density at radius 2 is 1.66 bits per heavy atom. The molecule has 0 bridgehead atoms. The molecule has 0 aliphatic heterocycles. The summed E-state index contributed by atoms with van der Waals surface area (Å²) in [5.41, 5.74) is 1.22. The Hall–Kier alpha value is -2.99. The Labute approximate surface area is 172 Å². The number of methoxy groups -OCH3 is 5. The molecule has 0 saturated carbocycles. The molecule has 1 aromatic carbocycles. The van der Waals surface area contributed by atoms with E-state index < -0.39 is 5.60 Å². The molecule has 0 radical (unpaired) electrons. The summed E-state index contributed by atoms with van der Waals surface area (Å²) in [6.07, 6.45) is 7.32. The molecule has 1 aromatic rings. The highest BCUT2D eigenvalue weighted by Gasteiger charge is 2.40. The second kappa shape index (κ2) is 9.47. The first-order chi connectivity index (χ1) is 13.9. The van der Waals surface area contributed by atoms with E-state index in [9.17, 15) is 4.79 Å². The SMILES string of the molecule is C=CCC1=C[C@](OC)(C(C)=Cc2cc(OC)c(OC)c(OC)c2)C(OC)=CC1=O. The Morgan fingerprint density at radius 3 is 2.10 bits per heavy atom. The molecule has 0 unspecified atom stereocenters. The monoisotopic (exact) mass is 400 g/mol. The largest absolute Gasteiger partial charge is 0.497 e. The van der Waals surface area contributed by atoms with E-state index in [1.54, 1.807) is 40.6 Å². The van der Waals surface area contributed by atoms with E-state index in [-0.39, 0.29) is 5.78 Å². The van der Waals surface area contributed by atoms with Crippen LogP contribution in [0.5, 0.6) is 17.2 Å². The lowest BCUT2D eigenvalue weighted by Gasteiger charge is -2.35. The van der Waals surface area contributed by atoms with Gasteiger partial charge in [0.05, 0.1) is 28.4 Å². The topological polar surface area (TPSA) is 63.2 Å². The van der Waals surface area contributed by atoms with Crippen molar-refractivity contribution < 1.29 is 28.5 Å². The lowest BCUT2D eigenvalue weighted by Crippen LogP contribution is -2.37. The van der Waals surface area contributed by atoms with Crippen molar-refractivity contribution in [3.05, 3.63) is 59.4 Å². The molecule has 1 aliphatic rings. The lowest BCUT2D eigenvalue weighted by molar-refractivity contribution is -0.112. The van der Waals surface area contributed by atoms with Gasteiger partial charge in [-0.15, -0.1) is 6.58 Å². The van der Waals surface area contributed by atoms with Gasteiger partial charge in [0.1, 0.15) is 5.76 Å².